The molecule has 4 bridgehead atoms. The summed E-state index contributed by atoms with van der Waals surface area (Å²) >= 11 is 0. The van der Waals surface area contributed by atoms with Crippen molar-refractivity contribution in [3.05, 3.63) is 71.8 Å². The van der Waals surface area contributed by atoms with Gasteiger partial charge in [-0.25, -0.2) is 9.37 Å². The third-order valence-corrected chi connectivity index (χ3v) is 6.81. The molecule has 1 amide bonds. The Hall–Kier alpha value is -4.44. The average molecular weight is 516 g/mol. The highest BCUT2D eigenvalue weighted by Crippen LogP contribution is 2.43. The molecule has 4 aromatic rings. The molecule has 2 aliphatic rings. The lowest BCUT2D eigenvalue weighted by Gasteiger charge is -2.23. The fraction of sp³-hybridized carbons (Fsp3) is 0.250. The van der Waals surface area contributed by atoms with Crippen LogP contribution in [0.1, 0.15) is 28.4 Å². The number of H-pyrrole nitrogens is 1. The lowest BCUT2D eigenvalue weighted by atomic mass is 9.93. The first-order valence-corrected chi connectivity index (χ1v) is 12.3. The second-order valence-electron chi connectivity index (χ2n) is 9.17. The number of nitrogens with one attached hydrogen (secondary N) is 3. The molecule has 0 radical (unpaired) electrons. The Balaban J connectivity index is 1.61. The molecule has 0 aliphatic carbocycles. The van der Waals surface area contributed by atoms with E-state index in [1.54, 1.807) is 31.5 Å². The summed E-state index contributed by atoms with van der Waals surface area (Å²) in [7, 11) is 3.03. The number of benzene rings is 1. The maximum atomic E-state index is 14.6. The second-order valence-corrected chi connectivity index (χ2v) is 9.17. The Bertz CT molecular complexity index is 1570. The van der Waals surface area contributed by atoms with E-state index in [4.69, 9.17) is 19.2 Å². The molecule has 1 aromatic carbocycles. The summed E-state index contributed by atoms with van der Waals surface area (Å²) in [6.45, 7) is 0.824. The lowest BCUT2D eigenvalue weighted by molar-refractivity contribution is 0.0940. The largest absolute Gasteiger partial charge is 0.492 e. The van der Waals surface area contributed by atoms with E-state index in [1.165, 1.54) is 13.2 Å². The number of pyridine rings is 2. The summed E-state index contributed by atoms with van der Waals surface area (Å²) in [5, 5.41) is 6.30. The van der Waals surface area contributed by atoms with Gasteiger partial charge in [-0.2, -0.15) is 0 Å². The molecule has 0 spiro atoms. The van der Waals surface area contributed by atoms with Crippen LogP contribution in [0.4, 0.5) is 15.8 Å². The van der Waals surface area contributed by atoms with Gasteiger partial charge in [-0.1, -0.05) is 12.1 Å². The van der Waals surface area contributed by atoms with Crippen LogP contribution in [0, 0.1) is 5.82 Å². The Kier molecular flexibility index (Phi) is 6.16. The molecule has 0 fully saturated rings. The number of fused-ring (bicyclic) bond motifs is 3. The highest BCUT2D eigenvalue weighted by atomic mass is 19.1. The molecule has 10 heteroatoms. The maximum Gasteiger partial charge on any atom is 0.255 e. The number of para-hydroxylation sites is 1. The van der Waals surface area contributed by atoms with Gasteiger partial charge in [0, 0.05) is 43.1 Å². The summed E-state index contributed by atoms with van der Waals surface area (Å²) in [4.78, 5) is 26.1. The number of rotatable bonds is 5. The first-order chi connectivity index (χ1) is 18.6. The molecular formula is C28H26FN5O4. The van der Waals surface area contributed by atoms with E-state index < -0.39 is 5.82 Å². The van der Waals surface area contributed by atoms with E-state index in [9.17, 15) is 9.18 Å². The van der Waals surface area contributed by atoms with Gasteiger partial charge in [-0.05, 0) is 36.8 Å². The van der Waals surface area contributed by atoms with Gasteiger partial charge in [-0.15, -0.1) is 0 Å². The molecule has 2 atom stereocenters. The second kappa shape index (κ2) is 9.79. The van der Waals surface area contributed by atoms with Gasteiger partial charge < -0.3 is 29.8 Å². The first-order valence-electron chi connectivity index (χ1n) is 12.3. The van der Waals surface area contributed by atoms with Crippen LogP contribution in [0.5, 0.6) is 11.6 Å². The molecule has 6 rings (SSSR count). The topological polar surface area (TPSA) is 110 Å². The predicted octanol–water partition coefficient (Wildman–Crippen LogP) is 4.70. The third-order valence-electron chi connectivity index (χ3n) is 6.81. The van der Waals surface area contributed by atoms with Crippen molar-refractivity contribution in [1.82, 2.24) is 20.3 Å². The van der Waals surface area contributed by atoms with Gasteiger partial charge in [0.15, 0.2) is 11.6 Å². The number of carbonyl (C=O) groups excluding carboxylic acids is 1. The number of nitrogens with zero attached hydrogens (tertiary/aromatic N) is 2. The zero-order chi connectivity index (χ0) is 26.2. The number of amides is 1. The number of aromatic amines is 1. The van der Waals surface area contributed by atoms with Gasteiger partial charge in [0.2, 0.25) is 5.88 Å². The number of anilines is 2. The predicted molar refractivity (Wildman–Crippen MR) is 141 cm³/mol. The number of halogens is 1. The summed E-state index contributed by atoms with van der Waals surface area (Å²) < 4.78 is 31.4. The van der Waals surface area contributed by atoms with Crippen molar-refractivity contribution in [2.24, 2.45) is 0 Å². The standard InChI is InChI=1S/C28H26FN5O4/c1-36-14-16-6-3-5-15-13-31-28(35)22-23(15)34-25(26(22)32-20-8-4-7-18(29)27(20)37-2)17-11-12-30-19-9-10-21(38-16)33-24(17)19/h3-4,6-12,15-16,32,34H,5,13-14H2,1-2H3,(H,31,35)/b6-3-/t15-,16-/m1/s1. The number of hydrogen-bond donors (Lipinski definition) is 3. The Morgan fingerprint density at radius 1 is 1.21 bits per heavy atom. The molecule has 0 saturated heterocycles. The summed E-state index contributed by atoms with van der Waals surface area (Å²) in [5.74, 6) is -0.287. The van der Waals surface area contributed by atoms with Crippen molar-refractivity contribution in [1.29, 1.82) is 0 Å². The highest BCUT2D eigenvalue weighted by Gasteiger charge is 2.33. The van der Waals surface area contributed by atoms with E-state index in [2.05, 4.69) is 20.6 Å². The van der Waals surface area contributed by atoms with Crippen LogP contribution in [0.15, 0.2) is 54.7 Å². The van der Waals surface area contributed by atoms with Gasteiger partial charge >= 0.3 is 0 Å². The van der Waals surface area contributed by atoms with Gasteiger partial charge in [0.1, 0.15) is 11.6 Å². The Morgan fingerprint density at radius 2 is 2.11 bits per heavy atom. The maximum absolute atomic E-state index is 14.6. The Labute approximate surface area is 218 Å². The Morgan fingerprint density at radius 3 is 2.95 bits per heavy atom. The molecule has 2 aliphatic heterocycles. The van der Waals surface area contributed by atoms with Crippen LogP contribution < -0.4 is 20.1 Å². The van der Waals surface area contributed by atoms with Gasteiger partial charge in [-0.3, -0.25) is 9.78 Å². The number of allylic oxidation sites excluding steroid dienone is 1. The van der Waals surface area contributed by atoms with Crippen molar-refractivity contribution in [2.45, 2.75) is 18.4 Å². The quantitative estimate of drug-likeness (QED) is 0.331. The van der Waals surface area contributed by atoms with E-state index in [0.717, 1.165) is 11.3 Å². The van der Waals surface area contributed by atoms with Crippen LogP contribution in [-0.4, -0.2) is 54.3 Å². The average Bonchev–Trinajstić information content (AvgIpc) is 3.29. The minimum absolute atomic E-state index is 0.0278. The number of aromatic nitrogens is 3. The van der Waals surface area contributed by atoms with Crippen LogP contribution in [0.3, 0.4) is 0 Å². The number of ether oxygens (including phenoxy) is 3. The highest BCUT2D eigenvalue weighted by molar-refractivity contribution is 6.08. The van der Waals surface area contributed by atoms with Crippen molar-refractivity contribution < 1.29 is 23.4 Å². The molecule has 3 aromatic heterocycles. The van der Waals surface area contributed by atoms with Crippen LogP contribution in [-0.2, 0) is 4.74 Å². The lowest BCUT2D eigenvalue weighted by Crippen LogP contribution is -2.35. The van der Waals surface area contributed by atoms with Gasteiger partial charge in [0.25, 0.3) is 5.91 Å². The number of methoxy groups -OCH3 is 2. The minimum Gasteiger partial charge on any atom is -0.492 e. The molecule has 38 heavy (non-hydrogen) atoms. The smallest absolute Gasteiger partial charge is 0.255 e. The summed E-state index contributed by atoms with van der Waals surface area (Å²) in [6.07, 6.45) is 5.99. The monoisotopic (exact) mass is 515 g/mol. The molecule has 0 unspecified atom stereocenters. The van der Waals surface area contributed by atoms with Crippen LogP contribution >= 0.6 is 0 Å². The fourth-order valence-corrected chi connectivity index (χ4v) is 5.06. The molecule has 3 N–H and O–H groups in total. The van der Waals surface area contributed by atoms with E-state index in [1.807, 2.05) is 24.3 Å². The fourth-order valence-electron chi connectivity index (χ4n) is 5.06. The molecule has 194 valence electrons. The van der Waals surface area contributed by atoms with Crippen molar-refractivity contribution in [3.8, 4) is 22.9 Å². The van der Waals surface area contributed by atoms with Crippen molar-refractivity contribution in [3.63, 3.8) is 0 Å². The SMILES string of the molecule is COC[C@H]1/C=C\C[C@@H]2CNC(=O)c3c2[nH]c(c3Nc2cccc(F)c2OC)-c2ccnc3ccc(nc23)O1. The summed E-state index contributed by atoms with van der Waals surface area (Å²) in [5.41, 5.74) is 4.76. The van der Waals surface area contributed by atoms with E-state index in [0.29, 0.717) is 59.1 Å². The van der Waals surface area contributed by atoms with E-state index in [-0.39, 0.29) is 23.7 Å². The van der Waals surface area contributed by atoms with E-state index >= 15 is 0 Å². The molecular weight excluding hydrogens is 489 g/mol. The van der Waals surface area contributed by atoms with Gasteiger partial charge in [0.05, 0.1) is 41.9 Å². The van der Waals surface area contributed by atoms with Crippen molar-refractivity contribution in [2.75, 3.05) is 32.7 Å². The van der Waals surface area contributed by atoms with Crippen LogP contribution in [0.2, 0.25) is 0 Å². The van der Waals surface area contributed by atoms with Crippen molar-refractivity contribution >= 4 is 28.3 Å². The third kappa shape index (κ3) is 4.12. The van der Waals surface area contributed by atoms with Crippen LogP contribution in [0.25, 0.3) is 22.3 Å². The first kappa shape index (κ1) is 23.9. The molecule has 0 saturated carbocycles. The molecule has 9 nitrogen and oxygen atoms in total. The normalized spacial score (nSPS) is 19.1. The zero-order valence-electron chi connectivity index (χ0n) is 20.9. The summed E-state index contributed by atoms with van der Waals surface area (Å²) in [6, 6.07) is 10.1. The zero-order valence-corrected chi connectivity index (χ0v) is 20.9. The minimum atomic E-state index is -0.513. The number of carbonyl (C=O) groups is 1. The molecule has 5 heterocycles. The number of hydrogen-bond acceptors (Lipinski definition) is 7.